The third-order valence-electron chi connectivity index (χ3n) is 2.52. The first kappa shape index (κ1) is 14.9. The van der Waals surface area contributed by atoms with E-state index in [4.69, 9.17) is 17.0 Å². The normalized spacial score (nSPS) is 10.0. The van der Waals surface area contributed by atoms with Crippen molar-refractivity contribution in [2.24, 2.45) is 0 Å². The molecule has 100 valence electrons. The molecule has 1 rings (SSSR count). The minimum absolute atomic E-state index is 0.321. The standard InChI is InChI=1S/C12H18N2O2S2/c1-5-8-7(3)18-10(9(8)11(15)16-4)14-12(17)13-6-2/h5-6H2,1-4H3,(H2,13,14,17). The highest BCUT2D eigenvalue weighted by molar-refractivity contribution is 7.80. The van der Waals surface area contributed by atoms with E-state index in [1.807, 2.05) is 20.8 Å². The molecule has 0 aliphatic rings. The Morgan fingerprint density at radius 2 is 2.11 bits per heavy atom. The molecule has 0 bridgehead atoms. The van der Waals surface area contributed by atoms with E-state index >= 15 is 0 Å². The fraction of sp³-hybridized carbons (Fsp3) is 0.500. The summed E-state index contributed by atoms with van der Waals surface area (Å²) >= 11 is 6.66. The number of methoxy groups -OCH3 is 1. The van der Waals surface area contributed by atoms with Gasteiger partial charge in [-0.3, -0.25) is 0 Å². The number of esters is 1. The van der Waals surface area contributed by atoms with Gasteiger partial charge in [0.05, 0.1) is 12.7 Å². The Bertz CT molecular complexity index is 455. The summed E-state index contributed by atoms with van der Waals surface area (Å²) in [5.41, 5.74) is 1.62. The fourth-order valence-corrected chi connectivity index (χ4v) is 3.17. The van der Waals surface area contributed by atoms with Crippen LogP contribution in [0.4, 0.5) is 5.00 Å². The number of carbonyl (C=O) groups is 1. The van der Waals surface area contributed by atoms with Crippen LogP contribution >= 0.6 is 23.6 Å². The summed E-state index contributed by atoms with van der Waals surface area (Å²) in [5.74, 6) is -0.321. The van der Waals surface area contributed by atoms with Crippen LogP contribution in [0.2, 0.25) is 0 Å². The Morgan fingerprint density at radius 1 is 1.44 bits per heavy atom. The smallest absolute Gasteiger partial charge is 0.341 e. The average molecular weight is 286 g/mol. The molecule has 0 aliphatic heterocycles. The van der Waals surface area contributed by atoms with E-state index in [0.29, 0.717) is 10.7 Å². The summed E-state index contributed by atoms with van der Waals surface area (Å²) in [6.07, 6.45) is 0.794. The number of nitrogens with one attached hydrogen (secondary N) is 2. The number of thiophene rings is 1. The Morgan fingerprint density at radius 3 is 2.61 bits per heavy atom. The summed E-state index contributed by atoms with van der Waals surface area (Å²) in [4.78, 5) is 13.0. The van der Waals surface area contributed by atoms with Crippen molar-refractivity contribution < 1.29 is 9.53 Å². The van der Waals surface area contributed by atoms with Gasteiger partial charge in [-0.15, -0.1) is 11.3 Å². The Balaban J connectivity index is 3.10. The highest BCUT2D eigenvalue weighted by atomic mass is 32.1. The number of carbonyl (C=O) groups excluding carboxylic acids is 1. The van der Waals surface area contributed by atoms with Gasteiger partial charge in [0.2, 0.25) is 0 Å². The predicted octanol–water partition coefficient (Wildman–Crippen LogP) is 2.71. The van der Waals surface area contributed by atoms with E-state index in [1.165, 1.54) is 18.4 Å². The van der Waals surface area contributed by atoms with Gasteiger partial charge >= 0.3 is 5.97 Å². The zero-order chi connectivity index (χ0) is 13.7. The number of thiocarbonyl (C=S) groups is 1. The molecule has 1 aromatic rings. The zero-order valence-corrected chi connectivity index (χ0v) is 12.7. The topological polar surface area (TPSA) is 50.4 Å². The lowest BCUT2D eigenvalue weighted by atomic mass is 10.1. The molecule has 0 aliphatic carbocycles. The van der Waals surface area contributed by atoms with Gasteiger partial charge < -0.3 is 15.4 Å². The van der Waals surface area contributed by atoms with E-state index < -0.39 is 0 Å². The summed E-state index contributed by atoms with van der Waals surface area (Å²) in [6, 6.07) is 0. The van der Waals surface area contributed by atoms with Crippen LogP contribution in [0.5, 0.6) is 0 Å². The van der Waals surface area contributed by atoms with Gasteiger partial charge in [0.25, 0.3) is 0 Å². The molecule has 18 heavy (non-hydrogen) atoms. The number of hydrogen-bond acceptors (Lipinski definition) is 4. The molecule has 1 heterocycles. The van der Waals surface area contributed by atoms with Crippen LogP contribution in [0.15, 0.2) is 0 Å². The van der Waals surface area contributed by atoms with Crippen LogP contribution in [0.1, 0.15) is 34.6 Å². The first-order valence-electron chi connectivity index (χ1n) is 5.80. The second-order valence-electron chi connectivity index (χ2n) is 3.67. The molecule has 4 nitrogen and oxygen atoms in total. The van der Waals surface area contributed by atoms with Crippen LogP contribution in [0.25, 0.3) is 0 Å². The van der Waals surface area contributed by atoms with Crippen molar-refractivity contribution in [3.05, 3.63) is 16.0 Å². The largest absolute Gasteiger partial charge is 0.465 e. The monoisotopic (exact) mass is 286 g/mol. The molecule has 0 aromatic carbocycles. The van der Waals surface area contributed by atoms with Crippen LogP contribution in [-0.2, 0) is 11.2 Å². The molecule has 6 heteroatoms. The molecule has 0 atom stereocenters. The minimum atomic E-state index is -0.321. The Kier molecular flexibility index (Phi) is 5.55. The number of anilines is 1. The predicted molar refractivity (Wildman–Crippen MR) is 79.7 cm³/mol. The molecule has 0 radical (unpaired) electrons. The van der Waals surface area contributed by atoms with Gasteiger partial charge in [-0.2, -0.15) is 0 Å². The highest BCUT2D eigenvalue weighted by Gasteiger charge is 2.22. The first-order chi connectivity index (χ1) is 8.54. The Labute approximate surface area is 117 Å². The molecule has 0 saturated heterocycles. The third-order valence-corrected chi connectivity index (χ3v) is 3.83. The lowest BCUT2D eigenvalue weighted by Crippen LogP contribution is -2.28. The maximum atomic E-state index is 11.8. The Hall–Kier alpha value is -1.14. The molecule has 2 N–H and O–H groups in total. The van der Waals surface area contributed by atoms with Crippen molar-refractivity contribution in [3.63, 3.8) is 0 Å². The SMILES string of the molecule is CCNC(=S)Nc1sc(C)c(CC)c1C(=O)OC. The van der Waals surface area contributed by atoms with Gasteiger partial charge in [0.15, 0.2) is 5.11 Å². The number of rotatable bonds is 4. The van der Waals surface area contributed by atoms with Crippen LogP contribution in [-0.4, -0.2) is 24.7 Å². The van der Waals surface area contributed by atoms with Gasteiger partial charge in [0, 0.05) is 11.4 Å². The van der Waals surface area contributed by atoms with Gasteiger partial charge in [-0.25, -0.2) is 4.79 Å². The second-order valence-corrected chi connectivity index (χ2v) is 5.30. The fourth-order valence-electron chi connectivity index (χ4n) is 1.72. The molecule has 0 spiro atoms. The van der Waals surface area contributed by atoms with E-state index in [2.05, 4.69) is 10.6 Å². The van der Waals surface area contributed by atoms with E-state index in [1.54, 1.807) is 0 Å². The molecule has 1 aromatic heterocycles. The van der Waals surface area contributed by atoms with Crippen molar-refractivity contribution in [2.75, 3.05) is 19.0 Å². The van der Waals surface area contributed by atoms with E-state index in [0.717, 1.165) is 28.4 Å². The maximum absolute atomic E-state index is 11.8. The number of hydrogen-bond donors (Lipinski definition) is 2. The van der Waals surface area contributed by atoms with Gasteiger partial charge in [0.1, 0.15) is 5.00 Å². The lowest BCUT2D eigenvalue weighted by molar-refractivity contribution is 0.0601. The van der Waals surface area contributed by atoms with Gasteiger partial charge in [-0.1, -0.05) is 6.92 Å². The maximum Gasteiger partial charge on any atom is 0.341 e. The number of ether oxygens (including phenoxy) is 1. The molecule has 0 amide bonds. The van der Waals surface area contributed by atoms with Crippen molar-refractivity contribution in [2.45, 2.75) is 27.2 Å². The van der Waals surface area contributed by atoms with Crippen molar-refractivity contribution >= 4 is 39.6 Å². The minimum Gasteiger partial charge on any atom is -0.465 e. The molecule has 0 unspecified atom stereocenters. The summed E-state index contributed by atoms with van der Waals surface area (Å²) in [5, 5.41) is 7.33. The van der Waals surface area contributed by atoms with Crippen molar-refractivity contribution in [3.8, 4) is 0 Å². The van der Waals surface area contributed by atoms with Gasteiger partial charge in [-0.05, 0) is 38.0 Å². The van der Waals surface area contributed by atoms with Crippen molar-refractivity contribution in [1.82, 2.24) is 5.32 Å². The summed E-state index contributed by atoms with van der Waals surface area (Å²) in [6.45, 7) is 6.72. The molecular formula is C12H18N2O2S2. The molecule has 0 fully saturated rings. The van der Waals surface area contributed by atoms with Crippen LogP contribution in [0, 0.1) is 6.92 Å². The first-order valence-corrected chi connectivity index (χ1v) is 7.02. The number of aryl methyl sites for hydroxylation is 1. The summed E-state index contributed by atoms with van der Waals surface area (Å²) in [7, 11) is 1.39. The van der Waals surface area contributed by atoms with E-state index in [9.17, 15) is 4.79 Å². The zero-order valence-electron chi connectivity index (χ0n) is 11.0. The highest BCUT2D eigenvalue weighted by Crippen LogP contribution is 2.33. The lowest BCUT2D eigenvalue weighted by Gasteiger charge is -2.09. The van der Waals surface area contributed by atoms with Crippen LogP contribution in [0.3, 0.4) is 0 Å². The quantitative estimate of drug-likeness (QED) is 0.658. The average Bonchev–Trinajstić information content (AvgIpc) is 2.64. The molecule has 0 saturated carbocycles. The third kappa shape index (κ3) is 3.20. The van der Waals surface area contributed by atoms with Crippen LogP contribution < -0.4 is 10.6 Å². The van der Waals surface area contributed by atoms with Crippen molar-refractivity contribution in [1.29, 1.82) is 0 Å². The molecular weight excluding hydrogens is 268 g/mol. The van der Waals surface area contributed by atoms with E-state index in [-0.39, 0.29) is 5.97 Å². The second kappa shape index (κ2) is 6.70. The summed E-state index contributed by atoms with van der Waals surface area (Å²) < 4.78 is 4.84.